The molecule has 106 valence electrons. The number of carbonyl (C=O) groups excluding carboxylic acids is 1. The molecule has 1 heterocycles. The summed E-state index contributed by atoms with van der Waals surface area (Å²) < 4.78 is 5.28. The summed E-state index contributed by atoms with van der Waals surface area (Å²) in [5, 5.41) is 0.636. The Hall–Kier alpha value is -1.58. The SMILES string of the molecule is Cc1occc1CN(C)C(C)C(=O)c1ccc(Cl)cc1. The second-order valence-corrected chi connectivity index (χ2v) is 5.40. The third kappa shape index (κ3) is 3.30. The van der Waals surface area contributed by atoms with Crippen LogP contribution in [0.2, 0.25) is 5.02 Å². The molecule has 0 aliphatic rings. The van der Waals surface area contributed by atoms with Crippen molar-refractivity contribution in [2.24, 2.45) is 0 Å². The van der Waals surface area contributed by atoms with E-state index in [0.717, 1.165) is 11.3 Å². The summed E-state index contributed by atoms with van der Waals surface area (Å²) in [5.74, 6) is 0.980. The smallest absolute Gasteiger partial charge is 0.179 e. The molecule has 0 spiro atoms. The van der Waals surface area contributed by atoms with E-state index in [4.69, 9.17) is 16.0 Å². The highest BCUT2D eigenvalue weighted by Crippen LogP contribution is 2.16. The molecular weight excluding hydrogens is 274 g/mol. The minimum Gasteiger partial charge on any atom is -0.469 e. The number of nitrogens with zero attached hydrogens (tertiary/aromatic N) is 1. The first-order valence-electron chi connectivity index (χ1n) is 6.52. The molecule has 1 aromatic carbocycles. The maximum absolute atomic E-state index is 12.4. The van der Waals surface area contributed by atoms with E-state index in [2.05, 4.69) is 0 Å². The highest BCUT2D eigenvalue weighted by atomic mass is 35.5. The van der Waals surface area contributed by atoms with Gasteiger partial charge >= 0.3 is 0 Å². The molecule has 2 aromatic rings. The summed E-state index contributed by atoms with van der Waals surface area (Å²) in [6.45, 7) is 4.52. The van der Waals surface area contributed by atoms with Crippen LogP contribution in [0.3, 0.4) is 0 Å². The number of rotatable bonds is 5. The number of Topliss-reactive ketones (excluding diaryl/α,β-unsaturated/α-hetero) is 1. The Morgan fingerprint density at radius 1 is 1.30 bits per heavy atom. The lowest BCUT2D eigenvalue weighted by Gasteiger charge is -2.23. The third-order valence-corrected chi connectivity index (χ3v) is 3.81. The number of hydrogen-bond donors (Lipinski definition) is 0. The first-order chi connectivity index (χ1) is 9.49. The summed E-state index contributed by atoms with van der Waals surface area (Å²) in [6.07, 6.45) is 1.67. The van der Waals surface area contributed by atoms with Gasteiger partial charge in [0.15, 0.2) is 5.78 Å². The fourth-order valence-electron chi connectivity index (χ4n) is 2.04. The summed E-state index contributed by atoms with van der Waals surface area (Å²) in [6, 6.07) is 8.73. The van der Waals surface area contributed by atoms with E-state index in [1.807, 2.05) is 31.9 Å². The molecule has 0 radical (unpaired) electrons. The Kier molecular flexibility index (Phi) is 4.63. The van der Waals surface area contributed by atoms with E-state index in [0.29, 0.717) is 17.1 Å². The minimum atomic E-state index is -0.203. The molecule has 0 fully saturated rings. The van der Waals surface area contributed by atoms with Crippen molar-refractivity contribution in [1.29, 1.82) is 0 Å². The zero-order valence-electron chi connectivity index (χ0n) is 11.9. The predicted octanol–water partition coefficient (Wildman–Crippen LogP) is 3.94. The van der Waals surface area contributed by atoms with Crippen molar-refractivity contribution in [2.75, 3.05) is 7.05 Å². The Bertz CT molecular complexity index is 589. The number of carbonyl (C=O) groups is 1. The molecule has 20 heavy (non-hydrogen) atoms. The van der Waals surface area contributed by atoms with Gasteiger partial charge in [0.05, 0.1) is 12.3 Å². The molecular formula is C16H18ClNO2. The molecule has 2 rings (SSSR count). The molecule has 0 amide bonds. The van der Waals surface area contributed by atoms with Gasteiger partial charge in [-0.1, -0.05) is 11.6 Å². The Morgan fingerprint density at radius 2 is 1.95 bits per heavy atom. The van der Waals surface area contributed by atoms with Crippen molar-refractivity contribution < 1.29 is 9.21 Å². The zero-order valence-corrected chi connectivity index (χ0v) is 12.6. The summed E-state index contributed by atoms with van der Waals surface area (Å²) in [4.78, 5) is 14.4. The van der Waals surface area contributed by atoms with Crippen LogP contribution in [0.1, 0.15) is 28.6 Å². The van der Waals surface area contributed by atoms with Crippen LogP contribution in [-0.4, -0.2) is 23.8 Å². The van der Waals surface area contributed by atoms with Crippen LogP contribution in [0.5, 0.6) is 0 Å². The highest BCUT2D eigenvalue weighted by molar-refractivity contribution is 6.30. The van der Waals surface area contributed by atoms with Gasteiger partial charge in [0.1, 0.15) is 5.76 Å². The Balaban J connectivity index is 2.06. The molecule has 1 unspecified atom stereocenters. The first-order valence-corrected chi connectivity index (χ1v) is 6.90. The Labute approximate surface area is 124 Å². The number of furan rings is 1. The fourth-order valence-corrected chi connectivity index (χ4v) is 2.16. The van der Waals surface area contributed by atoms with Crippen LogP contribution in [0.15, 0.2) is 41.0 Å². The average molecular weight is 292 g/mol. The quantitative estimate of drug-likeness (QED) is 0.782. The molecule has 1 atom stereocenters. The third-order valence-electron chi connectivity index (χ3n) is 3.56. The molecule has 0 aliphatic carbocycles. The second kappa shape index (κ2) is 6.25. The molecule has 0 aliphatic heterocycles. The number of hydrogen-bond acceptors (Lipinski definition) is 3. The topological polar surface area (TPSA) is 33.5 Å². The van der Waals surface area contributed by atoms with Gasteiger partial charge in [-0.15, -0.1) is 0 Å². The molecule has 0 saturated heterocycles. The van der Waals surface area contributed by atoms with Gasteiger partial charge in [0, 0.05) is 22.7 Å². The average Bonchev–Trinajstić information content (AvgIpc) is 2.83. The van der Waals surface area contributed by atoms with Crippen molar-refractivity contribution in [3.8, 4) is 0 Å². The summed E-state index contributed by atoms with van der Waals surface area (Å²) in [5.41, 5.74) is 1.78. The normalized spacial score (nSPS) is 12.7. The number of benzene rings is 1. The largest absolute Gasteiger partial charge is 0.469 e. The van der Waals surface area contributed by atoms with Gasteiger partial charge in [-0.05, 0) is 51.2 Å². The van der Waals surface area contributed by atoms with E-state index < -0.39 is 0 Å². The lowest BCUT2D eigenvalue weighted by molar-refractivity contribution is 0.0861. The number of ketones is 1. The van der Waals surface area contributed by atoms with E-state index in [1.165, 1.54) is 0 Å². The fraction of sp³-hybridized carbons (Fsp3) is 0.312. The van der Waals surface area contributed by atoms with Gasteiger partial charge in [0.25, 0.3) is 0 Å². The van der Waals surface area contributed by atoms with Crippen LogP contribution in [0, 0.1) is 6.92 Å². The molecule has 0 bridgehead atoms. The van der Waals surface area contributed by atoms with Crippen molar-refractivity contribution in [3.05, 3.63) is 58.5 Å². The Morgan fingerprint density at radius 3 is 2.50 bits per heavy atom. The van der Waals surface area contributed by atoms with E-state index in [1.54, 1.807) is 30.5 Å². The van der Waals surface area contributed by atoms with Crippen LogP contribution >= 0.6 is 11.6 Å². The van der Waals surface area contributed by atoms with E-state index in [9.17, 15) is 4.79 Å². The molecule has 4 heteroatoms. The van der Waals surface area contributed by atoms with Gasteiger partial charge in [-0.25, -0.2) is 0 Å². The maximum Gasteiger partial charge on any atom is 0.179 e. The number of likely N-dealkylation sites (N-methyl/N-ethyl adjacent to an activating group) is 1. The van der Waals surface area contributed by atoms with E-state index >= 15 is 0 Å². The molecule has 0 N–H and O–H groups in total. The van der Waals surface area contributed by atoms with E-state index in [-0.39, 0.29) is 11.8 Å². The van der Waals surface area contributed by atoms with Crippen LogP contribution in [0.25, 0.3) is 0 Å². The zero-order chi connectivity index (χ0) is 14.7. The van der Waals surface area contributed by atoms with Gasteiger partial charge in [-0.3, -0.25) is 9.69 Å². The molecule has 0 saturated carbocycles. The number of halogens is 1. The van der Waals surface area contributed by atoms with Crippen molar-refractivity contribution in [1.82, 2.24) is 4.90 Å². The molecule has 3 nitrogen and oxygen atoms in total. The lowest BCUT2D eigenvalue weighted by Crippen LogP contribution is -2.35. The van der Waals surface area contributed by atoms with Gasteiger partial charge in [0.2, 0.25) is 0 Å². The standard InChI is InChI=1S/C16H18ClNO2/c1-11(16(19)13-4-6-15(17)7-5-13)18(3)10-14-8-9-20-12(14)2/h4-9,11H,10H2,1-3H3. The van der Waals surface area contributed by atoms with Gasteiger partial charge < -0.3 is 4.42 Å². The summed E-state index contributed by atoms with van der Waals surface area (Å²) >= 11 is 5.84. The highest BCUT2D eigenvalue weighted by Gasteiger charge is 2.20. The van der Waals surface area contributed by atoms with Crippen LogP contribution < -0.4 is 0 Å². The first kappa shape index (κ1) is 14.8. The minimum absolute atomic E-state index is 0.0883. The summed E-state index contributed by atoms with van der Waals surface area (Å²) in [7, 11) is 1.94. The van der Waals surface area contributed by atoms with Crippen molar-refractivity contribution in [3.63, 3.8) is 0 Å². The number of aryl methyl sites for hydroxylation is 1. The maximum atomic E-state index is 12.4. The monoisotopic (exact) mass is 291 g/mol. The van der Waals surface area contributed by atoms with Gasteiger partial charge in [-0.2, -0.15) is 0 Å². The molecule has 1 aromatic heterocycles. The van der Waals surface area contributed by atoms with Crippen molar-refractivity contribution in [2.45, 2.75) is 26.4 Å². The lowest BCUT2D eigenvalue weighted by atomic mass is 10.0. The van der Waals surface area contributed by atoms with Crippen LogP contribution in [0.4, 0.5) is 0 Å². The second-order valence-electron chi connectivity index (χ2n) is 4.96. The predicted molar refractivity (Wildman–Crippen MR) is 80.2 cm³/mol. The van der Waals surface area contributed by atoms with Crippen molar-refractivity contribution >= 4 is 17.4 Å². The van der Waals surface area contributed by atoms with Crippen LogP contribution in [-0.2, 0) is 6.54 Å².